The van der Waals surface area contributed by atoms with Crippen LogP contribution in [-0.4, -0.2) is 0 Å². The van der Waals surface area contributed by atoms with Crippen LogP contribution in [0, 0.1) is 0 Å². The van der Waals surface area contributed by atoms with Crippen molar-refractivity contribution >= 4 is 21.5 Å². The van der Waals surface area contributed by atoms with E-state index in [2.05, 4.69) is 230 Å². The van der Waals surface area contributed by atoms with E-state index < -0.39 is 0 Å². The molecular weight excluding hydrogens is 745 g/mol. The van der Waals surface area contributed by atoms with Gasteiger partial charge in [0.1, 0.15) is 0 Å². The Bertz CT molecular complexity index is 3100. The van der Waals surface area contributed by atoms with Gasteiger partial charge in [-0.2, -0.15) is 0 Å². The maximum atomic E-state index is 2.53. The van der Waals surface area contributed by atoms with Gasteiger partial charge in [0.2, 0.25) is 0 Å². The lowest BCUT2D eigenvalue weighted by Gasteiger charge is -2.28. The standard InChI is InChI=1S/C62H62/c1-58(2,3)41-27-30-49-53(35-41)62(12,13)54-36-42(59(4,5)6)34-50(56(49)54)39-26-29-44-43-28-25-38(32-51(43)61(10,11)52(44)33-39)37-19-18-20-40(31-37)55-45-21-14-16-23-47(45)57(60(7,8)9)48-24-17-15-22-46(48)55/h14-36H,1-13H3. The van der Waals surface area contributed by atoms with Crippen LogP contribution in [0.3, 0.4) is 0 Å². The molecule has 2 aliphatic carbocycles. The maximum absolute atomic E-state index is 2.53. The molecule has 0 radical (unpaired) electrons. The molecule has 62 heavy (non-hydrogen) atoms. The zero-order valence-corrected chi connectivity index (χ0v) is 39.3. The number of hydrogen-bond acceptors (Lipinski definition) is 0. The Morgan fingerprint density at radius 2 is 0.774 bits per heavy atom. The lowest BCUT2D eigenvalue weighted by Crippen LogP contribution is -2.19. The highest BCUT2D eigenvalue weighted by molar-refractivity contribution is 6.15. The Balaban J connectivity index is 1.09. The van der Waals surface area contributed by atoms with Gasteiger partial charge in [0.05, 0.1) is 0 Å². The first-order valence-corrected chi connectivity index (χ1v) is 22.8. The minimum atomic E-state index is -0.174. The number of rotatable bonds is 3. The molecule has 8 aromatic carbocycles. The van der Waals surface area contributed by atoms with E-state index in [0.29, 0.717) is 0 Å². The number of fused-ring (bicyclic) bond motifs is 8. The van der Waals surface area contributed by atoms with Crippen molar-refractivity contribution in [1.82, 2.24) is 0 Å². The van der Waals surface area contributed by atoms with Crippen LogP contribution in [0.25, 0.3) is 77.2 Å². The van der Waals surface area contributed by atoms with Gasteiger partial charge < -0.3 is 0 Å². The normalized spacial score (nSPS) is 15.1. The van der Waals surface area contributed by atoms with Gasteiger partial charge >= 0.3 is 0 Å². The van der Waals surface area contributed by atoms with E-state index in [1.807, 2.05) is 0 Å². The third-order valence-corrected chi connectivity index (χ3v) is 14.7. The minimum Gasteiger partial charge on any atom is -0.0616 e. The summed E-state index contributed by atoms with van der Waals surface area (Å²) in [7, 11) is 0. The van der Waals surface area contributed by atoms with Crippen LogP contribution < -0.4 is 0 Å². The summed E-state index contributed by atoms with van der Waals surface area (Å²) < 4.78 is 0. The molecule has 0 aromatic heterocycles. The van der Waals surface area contributed by atoms with Gasteiger partial charge in [0, 0.05) is 10.8 Å². The van der Waals surface area contributed by atoms with E-state index in [1.165, 1.54) is 116 Å². The van der Waals surface area contributed by atoms with Crippen molar-refractivity contribution in [2.24, 2.45) is 0 Å². The molecule has 0 spiro atoms. The second kappa shape index (κ2) is 13.4. The molecule has 0 saturated carbocycles. The summed E-state index contributed by atoms with van der Waals surface area (Å²) in [5.41, 5.74) is 23.0. The summed E-state index contributed by atoms with van der Waals surface area (Å²) in [5, 5.41) is 5.31. The van der Waals surface area contributed by atoms with Crippen molar-refractivity contribution in [3.05, 3.63) is 178 Å². The summed E-state index contributed by atoms with van der Waals surface area (Å²) >= 11 is 0. The first kappa shape index (κ1) is 40.4. The summed E-state index contributed by atoms with van der Waals surface area (Å²) in [6, 6.07) is 54.2. The molecule has 0 fully saturated rings. The van der Waals surface area contributed by atoms with Crippen molar-refractivity contribution in [1.29, 1.82) is 0 Å². The molecule has 0 amide bonds. The van der Waals surface area contributed by atoms with Gasteiger partial charge in [-0.1, -0.05) is 205 Å². The molecule has 0 N–H and O–H groups in total. The summed E-state index contributed by atoms with van der Waals surface area (Å²) in [5.74, 6) is 0. The molecule has 0 unspecified atom stereocenters. The Labute approximate surface area is 371 Å². The number of benzene rings is 8. The van der Waals surface area contributed by atoms with Crippen molar-refractivity contribution in [2.45, 2.75) is 117 Å². The molecule has 0 aliphatic heterocycles. The predicted molar refractivity (Wildman–Crippen MR) is 269 cm³/mol. The highest BCUT2D eigenvalue weighted by Crippen LogP contribution is 2.56. The molecule has 0 bridgehead atoms. The van der Waals surface area contributed by atoms with E-state index in [9.17, 15) is 0 Å². The molecule has 0 nitrogen and oxygen atoms in total. The van der Waals surface area contributed by atoms with Crippen molar-refractivity contribution < 1.29 is 0 Å². The van der Waals surface area contributed by atoms with Crippen LogP contribution in [0.4, 0.5) is 0 Å². The van der Waals surface area contributed by atoms with Crippen LogP contribution in [0.2, 0.25) is 0 Å². The zero-order chi connectivity index (χ0) is 43.9. The van der Waals surface area contributed by atoms with Crippen molar-refractivity contribution in [2.75, 3.05) is 0 Å². The van der Waals surface area contributed by atoms with E-state index >= 15 is 0 Å². The van der Waals surface area contributed by atoms with E-state index in [0.717, 1.165) is 0 Å². The maximum Gasteiger partial charge on any atom is 0.0159 e. The van der Waals surface area contributed by atoms with Crippen LogP contribution in [0.1, 0.15) is 129 Å². The second-order valence-corrected chi connectivity index (χ2v) is 22.6. The zero-order valence-electron chi connectivity index (χ0n) is 39.3. The quantitative estimate of drug-likeness (QED) is 0.156. The summed E-state index contributed by atoms with van der Waals surface area (Å²) in [6.45, 7) is 30.8. The molecule has 8 aromatic rings. The fourth-order valence-electron chi connectivity index (χ4n) is 11.2. The molecule has 0 saturated heterocycles. The molecule has 310 valence electrons. The first-order chi connectivity index (χ1) is 29.2. The van der Waals surface area contributed by atoms with Crippen molar-refractivity contribution in [3.8, 4) is 55.6 Å². The highest BCUT2D eigenvalue weighted by atomic mass is 14.4. The average molecular weight is 807 g/mol. The van der Waals surface area contributed by atoms with Crippen LogP contribution in [-0.2, 0) is 27.1 Å². The first-order valence-electron chi connectivity index (χ1n) is 22.8. The molecule has 0 heterocycles. The van der Waals surface area contributed by atoms with E-state index in [-0.39, 0.29) is 27.1 Å². The molecular formula is C62H62. The van der Waals surface area contributed by atoms with Gasteiger partial charge in [-0.15, -0.1) is 0 Å². The fourth-order valence-corrected chi connectivity index (χ4v) is 11.2. The molecule has 2 aliphatic rings. The Morgan fingerprint density at radius 3 is 1.35 bits per heavy atom. The largest absolute Gasteiger partial charge is 0.0616 e. The lowest BCUT2D eigenvalue weighted by atomic mass is 9.76. The SMILES string of the molecule is CC(C)(C)c1ccc2c(c1)C(C)(C)c1cc(C(C)(C)C)cc(-c3ccc4c(c3)C(C)(C)c3cc(-c5cccc(-c6c7ccccc7c(C(C)(C)C)c7ccccc67)c5)ccc3-4)c1-2. The van der Waals surface area contributed by atoms with Crippen LogP contribution >= 0.6 is 0 Å². The minimum absolute atomic E-state index is 0.00442. The molecule has 0 atom stereocenters. The number of hydrogen-bond donors (Lipinski definition) is 0. The van der Waals surface area contributed by atoms with Crippen LogP contribution in [0.5, 0.6) is 0 Å². The van der Waals surface area contributed by atoms with Crippen molar-refractivity contribution in [3.63, 3.8) is 0 Å². The smallest absolute Gasteiger partial charge is 0.0159 e. The molecule has 10 rings (SSSR count). The predicted octanol–water partition coefficient (Wildman–Crippen LogP) is 17.5. The van der Waals surface area contributed by atoms with E-state index in [1.54, 1.807) is 0 Å². The van der Waals surface area contributed by atoms with Gasteiger partial charge in [0.15, 0.2) is 0 Å². The third-order valence-electron chi connectivity index (χ3n) is 14.7. The Morgan fingerprint density at radius 1 is 0.306 bits per heavy atom. The topological polar surface area (TPSA) is 0 Å². The lowest BCUT2D eigenvalue weighted by molar-refractivity contribution is 0.580. The van der Waals surface area contributed by atoms with Gasteiger partial charge in [0.25, 0.3) is 0 Å². The summed E-state index contributed by atoms with van der Waals surface area (Å²) in [6.07, 6.45) is 0. The highest BCUT2D eigenvalue weighted by Gasteiger charge is 2.40. The third kappa shape index (κ3) is 6.07. The average Bonchev–Trinajstić information content (AvgIpc) is 3.59. The van der Waals surface area contributed by atoms with Gasteiger partial charge in [-0.25, -0.2) is 0 Å². The van der Waals surface area contributed by atoms with Gasteiger partial charge in [-0.3, -0.25) is 0 Å². The Kier molecular flexibility index (Phi) is 8.72. The fraction of sp³-hybridized carbons (Fsp3) is 0.290. The van der Waals surface area contributed by atoms with E-state index in [4.69, 9.17) is 0 Å². The molecule has 0 heteroatoms. The van der Waals surface area contributed by atoms with Gasteiger partial charge in [-0.05, 0) is 157 Å². The monoisotopic (exact) mass is 806 g/mol. The Hall–Kier alpha value is -5.72. The summed E-state index contributed by atoms with van der Waals surface area (Å²) in [4.78, 5) is 0. The van der Waals surface area contributed by atoms with Crippen LogP contribution in [0.15, 0.2) is 140 Å². The second-order valence-electron chi connectivity index (χ2n) is 22.6.